The molecule has 1 aliphatic heterocycles. The van der Waals surface area contributed by atoms with E-state index >= 15 is 0 Å². The van der Waals surface area contributed by atoms with Gasteiger partial charge in [-0.05, 0) is 75.1 Å². The highest BCUT2D eigenvalue weighted by Crippen LogP contribution is 2.51. The van der Waals surface area contributed by atoms with Gasteiger partial charge in [0.2, 0.25) is 0 Å². The number of para-hydroxylation sites is 3. The largest absolute Gasteiger partial charge is 0.295 e. The maximum atomic E-state index is 5.36. The molecule has 0 spiro atoms. The Hall–Kier alpha value is -7.80. The van der Waals surface area contributed by atoms with E-state index < -0.39 is 0 Å². The molecule has 0 amide bonds. The Morgan fingerprint density at radius 2 is 1.02 bits per heavy atom. The van der Waals surface area contributed by atoms with Crippen molar-refractivity contribution in [3.63, 3.8) is 0 Å². The minimum Gasteiger partial charge on any atom is -0.295 e. The zero-order chi connectivity index (χ0) is 40.0. The Balaban J connectivity index is 1.03. The van der Waals surface area contributed by atoms with Crippen LogP contribution in [0.25, 0.3) is 111 Å². The van der Waals surface area contributed by atoms with Gasteiger partial charge in [0.15, 0.2) is 17.5 Å². The molecule has 9 aromatic carbocycles. The smallest absolute Gasteiger partial charge is 0.165 e. The minimum atomic E-state index is 0.631. The van der Waals surface area contributed by atoms with Crippen LogP contribution in [0.4, 0.5) is 0 Å². The summed E-state index contributed by atoms with van der Waals surface area (Å²) in [5, 5.41) is 8.43. The van der Waals surface area contributed by atoms with E-state index in [0.29, 0.717) is 17.5 Å². The van der Waals surface area contributed by atoms with Crippen molar-refractivity contribution in [1.82, 2.24) is 24.1 Å². The fourth-order valence-corrected chi connectivity index (χ4v) is 10.6. The second kappa shape index (κ2) is 13.4. The first-order chi connectivity index (χ1) is 30.2. The molecule has 61 heavy (non-hydrogen) atoms. The summed E-state index contributed by atoms with van der Waals surface area (Å²) in [6.45, 7) is 0. The van der Waals surface area contributed by atoms with Crippen LogP contribution in [0.3, 0.4) is 0 Å². The molecule has 13 rings (SSSR count). The molecule has 1 aliphatic rings. The Morgan fingerprint density at radius 1 is 0.393 bits per heavy atom. The van der Waals surface area contributed by atoms with Crippen LogP contribution in [-0.2, 0) is 0 Å². The van der Waals surface area contributed by atoms with Crippen LogP contribution in [0.2, 0.25) is 0 Å². The SMILES string of the molecule is c1ccc(-n2c3ccccc3c3c4cccc5c4n(c32)-c2cccc(-c3nc(-c4ccc(-c6ccc7ccccc7c6)cc4)nc(-c4cccc6ccccc46)n3)c2S5)cc1. The summed E-state index contributed by atoms with van der Waals surface area (Å²) in [6.07, 6.45) is 0. The molecule has 0 unspecified atom stereocenters. The zero-order valence-corrected chi connectivity index (χ0v) is 33.5. The maximum Gasteiger partial charge on any atom is 0.165 e. The summed E-state index contributed by atoms with van der Waals surface area (Å²) < 4.78 is 4.89. The first kappa shape index (κ1) is 34.1. The summed E-state index contributed by atoms with van der Waals surface area (Å²) in [7, 11) is 0. The molecule has 0 N–H and O–H groups in total. The van der Waals surface area contributed by atoms with Crippen LogP contribution >= 0.6 is 11.8 Å². The maximum absolute atomic E-state index is 5.36. The zero-order valence-electron chi connectivity index (χ0n) is 32.7. The van der Waals surface area contributed by atoms with Crippen molar-refractivity contribution < 1.29 is 0 Å². The van der Waals surface area contributed by atoms with Crippen molar-refractivity contribution in [3.8, 4) is 56.7 Å². The molecule has 6 heteroatoms. The van der Waals surface area contributed by atoms with Crippen LogP contribution in [0, 0.1) is 0 Å². The van der Waals surface area contributed by atoms with Gasteiger partial charge in [0.05, 0.1) is 16.7 Å². The highest BCUT2D eigenvalue weighted by Gasteiger charge is 2.30. The molecule has 5 nitrogen and oxygen atoms in total. The molecular weight excluding hydrogens is 763 g/mol. The van der Waals surface area contributed by atoms with E-state index in [-0.39, 0.29) is 0 Å². The Kier molecular flexibility index (Phi) is 7.47. The molecule has 0 fully saturated rings. The average Bonchev–Trinajstić information content (AvgIpc) is 3.85. The lowest BCUT2D eigenvalue weighted by atomic mass is 10.00. The molecule has 0 saturated heterocycles. The number of hydrogen-bond acceptors (Lipinski definition) is 4. The average molecular weight is 796 g/mol. The molecule has 0 aliphatic carbocycles. The molecule has 12 aromatic rings. The summed E-state index contributed by atoms with van der Waals surface area (Å²) in [6, 6.07) is 71.3. The second-order valence-electron chi connectivity index (χ2n) is 15.6. The lowest BCUT2D eigenvalue weighted by molar-refractivity contribution is 1.02. The number of fused-ring (bicyclic) bond motifs is 9. The van der Waals surface area contributed by atoms with Gasteiger partial charge in [-0.3, -0.25) is 9.13 Å². The van der Waals surface area contributed by atoms with E-state index in [4.69, 9.17) is 15.0 Å². The molecule has 0 bridgehead atoms. The molecule has 0 atom stereocenters. The first-order valence-corrected chi connectivity index (χ1v) is 21.3. The van der Waals surface area contributed by atoms with Crippen molar-refractivity contribution in [2.75, 3.05) is 0 Å². The second-order valence-corrected chi connectivity index (χ2v) is 16.7. The molecule has 3 aromatic heterocycles. The quantitative estimate of drug-likeness (QED) is 0.174. The predicted molar refractivity (Wildman–Crippen MR) is 252 cm³/mol. The van der Waals surface area contributed by atoms with Crippen LogP contribution in [0.1, 0.15) is 0 Å². The first-order valence-electron chi connectivity index (χ1n) is 20.5. The van der Waals surface area contributed by atoms with E-state index in [1.165, 1.54) is 48.4 Å². The normalized spacial score (nSPS) is 12.2. The highest BCUT2D eigenvalue weighted by molar-refractivity contribution is 8.00. The van der Waals surface area contributed by atoms with Crippen LogP contribution in [-0.4, -0.2) is 24.1 Å². The van der Waals surface area contributed by atoms with E-state index in [1.54, 1.807) is 11.8 Å². The Bertz CT molecular complexity index is 3730. The fraction of sp³-hybridized carbons (Fsp3) is 0. The van der Waals surface area contributed by atoms with E-state index in [9.17, 15) is 0 Å². The number of benzene rings is 9. The molecular formula is C55H33N5S. The van der Waals surface area contributed by atoms with Gasteiger partial charge in [0.1, 0.15) is 5.65 Å². The molecule has 4 heterocycles. The van der Waals surface area contributed by atoms with Crippen molar-refractivity contribution in [2.24, 2.45) is 0 Å². The lowest BCUT2D eigenvalue weighted by Gasteiger charge is -2.23. The third kappa shape index (κ3) is 5.26. The van der Waals surface area contributed by atoms with Gasteiger partial charge in [0, 0.05) is 48.3 Å². The Morgan fingerprint density at radius 3 is 1.89 bits per heavy atom. The van der Waals surface area contributed by atoms with Crippen LogP contribution in [0.5, 0.6) is 0 Å². The van der Waals surface area contributed by atoms with Gasteiger partial charge < -0.3 is 0 Å². The van der Waals surface area contributed by atoms with Crippen LogP contribution in [0.15, 0.2) is 210 Å². The molecule has 284 valence electrons. The summed E-state index contributed by atoms with van der Waals surface area (Å²) in [5.74, 6) is 1.91. The molecule has 0 saturated carbocycles. The fourth-order valence-electron chi connectivity index (χ4n) is 9.36. The van der Waals surface area contributed by atoms with Gasteiger partial charge in [-0.1, -0.05) is 169 Å². The van der Waals surface area contributed by atoms with Crippen molar-refractivity contribution >= 4 is 66.1 Å². The topological polar surface area (TPSA) is 48.5 Å². The predicted octanol–water partition coefficient (Wildman–Crippen LogP) is 14.4. The van der Waals surface area contributed by atoms with Crippen molar-refractivity contribution in [3.05, 3.63) is 200 Å². The number of rotatable bonds is 5. The molecule has 0 radical (unpaired) electrons. The number of nitrogens with zero attached hydrogens (tertiary/aromatic N) is 5. The highest BCUT2D eigenvalue weighted by atomic mass is 32.2. The van der Waals surface area contributed by atoms with Gasteiger partial charge in [-0.25, -0.2) is 15.0 Å². The van der Waals surface area contributed by atoms with Crippen molar-refractivity contribution in [2.45, 2.75) is 9.79 Å². The summed E-state index contributed by atoms with van der Waals surface area (Å²) >= 11 is 1.80. The number of aromatic nitrogens is 5. The standard InChI is InChI=1S/C55H33N5S/c1-2-17-40(18-3-1)59-46-24-9-8-20-43(46)49-44-22-12-26-48-50(44)60(55(49)59)47-25-11-23-45(51(47)61-48)54-57-52(56-53(58-54)42-21-10-16-36-14-6-7-19-41(36)42)37-30-27-35(28-31-37)39-32-29-34-13-4-5-15-38(34)33-39/h1-33H. The van der Waals surface area contributed by atoms with Gasteiger partial charge in [-0.2, -0.15) is 0 Å². The van der Waals surface area contributed by atoms with Crippen molar-refractivity contribution in [1.29, 1.82) is 0 Å². The van der Waals surface area contributed by atoms with Crippen LogP contribution < -0.4 is 0 Å². The van der Waals surface area contributed by atoms with Gasteiger partial charge in [0.25, 0.3) is 0 Å². The summed E-state index contributed by atoms with van der Waals surface area (Å²) in [5.41, 5.74) is 11.0. The Labute approximate surface area is 355 Å². The summed E-state index contributed by atoms with van der Waals surface area (Å²) in [4.78, 5) is 18.2. The lowest BCUT2D eigenvalue weighted by Crippen LogP contribution is -2.07. The third-order valence-electron chi connectivity index (χ3n) is 12.1. The van der Waals surface area contributed by atoms with Gasteiger partial charge in [-0.15, -0.1) is 0 Å². The minimum absolute atomic E-state index is 0.631. The van der Waals surface area contributed by atoms with E-state index in [0.717, 1.165) is 54.9 Å². The third-order valence-corrected chi connectivity index (χ3v) is 13.3. The van der Waals surface area contributed by atoms with Gasteiger partial charge >= 0.3 is 0 Å². The monoisotopic (exact) mass is 795 g/mol. The number of hydrogen-bond donors (Lipinski definition) is 0. The van der Waals surface area contributed by atoms with E-state index in [1.807, 2.05) is 0 Å². The van der Waals surface area contributed by atoms with E-state index in [2.05, 4.69) is 209 Å².